The van der Waals surface area contributed by atoms with E-state index in [-0.39, 0.29) is 23.1 Å². The van der Waals surface area contributed by atoms with Gasteiger partial charge in [0.05, 0.1) is 5.69 Å². The van der Waals surface area contributed by atoms with E-state index in [1.54, 1.807) is 18.3 Å². The van der Waals surface area contributed by atoms with E-state index in [1.165, 1.54) is 11.1 Å². The molecule has 4 N–H and O–H groups in total. The number of carboxylic acid groups (broad SMARTS) is 1. The predicted octanol–water partition coefficient (Wildman–Crippen LogP) is 3.79. The molecule has 9 nitrogen and oxygen atoms in total. The van der Waals surface area contributed by atoms with Gasteiger partial charge in [-0.15, -0.1) is 0 Å². The predicted molar refractivity (Wildman–Crippen MR) is 122 cm³/mol. The molecule has 2 aliphatic rings. The quantitative estimate of drug-likeness (QED) is 0.512. The summed E-state index contributed by atoms with van der Waals surface area (Å²) in [5.41, 5.74) is 8.49. The number of nitrogen functional groups attached to an aromatic ring is 1. The molecular weight excluding hydrogens is 429 g/mol. The molecule has 10 heteroatoms. The number of hydrogen-bond donors (Lipinski definition) is 3. The molecule has 1 saturated heterocycles. The smallest absolute Gasteiger partial charge is 0.413 e. The summed E-state index contributed by atoms with van der Waals surface area (Å²) in [6.45, 7) is 4.00. The van der Waals surface area contributed by atoms with Gasteiger partial charge in [-0.25, -0.2) is 19.2 Å². The lowest BCUT2D eigenvalue weighted by Crippen LogP contribution is -2.43. The molecule has 0 bridgehead atoms. The minimum atomic E-state index is -1.09. The monoisotopic (exact) mass is 453 g/mol. The first-order valence-corrected chi connectivity index (χ1v) is 10.8. The lowest BCUT2D eigenvalue weighted by molar-refractivity contribution is 0.0836. The Bertz CT molecular complexity index is 1250. The number of amides is 1. The highest BCUT2D eigenvalue weighted by molar-refractivity contribution is 5.99. The number of halogens is 1. The Morgan fingerprint density at radius 2 is 2.00 bits per heavy atom. The van der Waals surface area contributed by atoms with Gasteiger partial charge in [-0.3, -0.25) is 4.90 Å². The fourth-order valence-corrected chi connectivity index (χ4v) is 4.49. The first-order valence-electron chi connectivity index (χ1n) is 10.8. The van der Waals surface area contributed by atoms with Crippen molar-refractivity contribution in [1.29, 1.82) is 0 Å². The molecule has 1 aromatic carbocycles. The van der Waals surface area contributed by atoms with Crippen molar-refractivity contribution in [3.63, 3.8) is 0 Å². The van der Waals surface area contributed by atoms with Gasteiger partial charge in [0.1, 0.15) is 18.1 Å². The first-order chi connectivity index (χ1) is 16.0. The summed E-state index contributed by atoms with van der Waals surface area (Å²) in [5.74, 6) is 0.184. The second kappa shape index (κ2) is 8.36. The molecule has 2 aliphatic heterocycles. The van der Waals surface area contributed by atoms with Crippen molar-refractivity contribution in [2.75, 3.05) is 42.3 Å². The molecule has 33 heavy (non-hydrogen) atoms. The van der Waals surface area contributed by atoms with E-state index in [1.807, 2.05) is 6.92 Å². The molecule has 1 fully saturated rings. The van der Waals surface area contributed by atoms with Gasteiger partial charge in [0.2, 0.25) is 5.88 Å². The zero-order valence-electron chi connectivity index (χ0n) is 18.1. The van der Waals surface area contributed by atoms with E-state index in [0.29, 0.717) is 61.4 Å². The maximum absolute atomic E-state index is 15.4. The van der Waals surface area contributed by atoms with Crippen molar-refractivity contribution in [3.8, 4) is 17.0 Å². The summed E-state index contributed by atoms with van der Waals surface area (Å²) < 4.78 is 26.3. The van der Waals surface area contributed by atoms with Crippen molar-refractivity contribution >= 4 is 34.1 Å². The topological polar surface area (TPSA) is 123 Å². The van der Waals surface area contributed by atoms with Crippen LogP contribution in [0.25, 0.3) is 21.9 Å². The highest BCUT2D eigenvalue weighted by atomic mass is 19.1. The summed E-state index contributed by atoms with van der Waals surface area (Å²) in [6.07, 6.45) is 3.06. The highest BCUT2D eigenvalue weighted by Gasteiger charge is 2.29. The normalized spacial score (nSPS) is 16.1. The number of nitrogens with one attached hydrogen (secondary N) is 1. The molecule has 0 unspecified atom stereocenters. The largest absolute Gasteiger partial charge is 0.474 e. The third kappa shape index (κ3) is 3.66. The van der Waals surface area contributed by atoms with Gasteiger partial charge in [-0.1, -0.05) is 0 Å². The molecule has 0 radical (unpaired) electrons. The van der Waals surface area contributed by atoms with Crippen LogP contribution in [0.2, 0.25) is 0 Å². The number of nitrogens with zero attached hydrogens (tertiary/aromatic N) is 3. The second-order valence-corrected chi connectivity index (χ2v) is 8.16. The lowest BCUT2D eigenvalue weighted by Gasteiger charge is -2.31. The Labute approximate surface area is 189 Å². The number of hydrogen-bond acceptors (Lipinski definition) is 7. The average molecular weight is 453 g/mol. The Balaban J connectivity index is 1.63. The first kappa shape index (κ1) is 21.2. The van der Waals surface area contributed by atoms with Crippen LogP contribution in [-0.4, -0.2) is 53.6 Å². The molecule has 0 aliphatic carbocycles. The fourth-order valence-electron chi connectivity index (χ4n) is 4.49. The molecule has 1 amide bonds. The number of pyridine rings is 2. The Hall–Kier alpha value is -3.66. The third-order valence-electron chi connectivity index (χ3n) is 6.23. The van der Waals surface area contributed by atoms with Gasteiger partial charge in [0, 0.05) is 54.7 Å². The van der Waals surface area contributed by atoms with Crippen LogP contribution in [0.3, 0.4) is 0 Å². The number of benzene rings is 1. The van der Waals surface area contributed by atoms with Crippen LogP contribution in [0.1, 0.15) is 18.4 Å². The van der Waals surface area contributed by atoms with Crippen LogP contribution in [0.15, 0.2) is 24.5 Å². The number of fused-ring (bicyclic) bond motifs is 2. The molecule has 0 atom stereocenters. The SMILES string of the molecule is Cc1c(-c2cc3cc(N(C(=O)O)C4CCOCC4)ncc3c(N)c2F)cnc2c1NCCO2. The van der Waals surface area contributed by atoms with E-state index in [4.69, 9.17) is 15.2 Å². The van der Waals surface area contributed by atoms with E-state index >= 15 is 4.39 Å². The van der Waals surface area contributed by atoms with Crippen LogP contribution in [0, 0.1) is 12.7 Å². The Kier molecular flexibility index (Phi) is 5.37. The average Bonchev–Trinajstić information content (AvgIpc) is 2.83. The van der Waals surface area contributed by atoms with Crippen LogP contribution < -0.4 is 20.7 Å². The van der Waals surface area contributed by atoms with Crippen molar-refractivity contribution in [1.82, 2.24) is 9.97 Å². The van der Waals surface area contributed by atoms with Crippen LogP contribution in [-0.2, 0) is 4.74 Å². The summed E-state index contributed by atoms with van der Waals surface area (Å²) in [7, 11) is 0. The standard InChI is InChI=1S/C23H24FN5O4/c1-12-16(10-28-22-21(12)26-4-7-33-22)15-8-13-9-18(27-11-17(13)20(25)19(15)24)29(23(30)31)14-2-5-32-6-3-14/h8-11,14,26H,2-7,25H2,1H3,(H,30,31). The lowest BCUT2D eigenvalue weighted by atomic mass is 9.97. The number of anilines is 3. The van der Waals surface area contributed by atoms with E-state index in [9.17, 15) is 9.90 Å². The Morgan fingerprint density at radius 3 is 2.76 bits per heavy atom. The maximum atomic E-state index is 15.4. The van der Waals surface area contributed by atoms with E-state index in [0.717, 1.165) is 11.3 Å². The minimum Gasteiger partial charge on any atom is -0.474 e. The van der Waals surface area contributed by atoms with Crippen LogP contribution in [0.4, 0.5) is 26.4 Å². The summed E-state index contributed by atoms with van der Waals surface area (Å²) in [6, 6.07) is 3.06. The second-order valence-electron chi connectivity index (χ2n) is 8.16. The maximum Gasteiger partial charge on any atom is 0.413 e. The molecule has 0 spiro atoms. The fraction of sp³-hybridized carbons (Fsp3) is 0.348. The van der Waals surface area contributed by atoms with Crippen molar-refractivity contribution in [2.24, 2.45) is 0 Å². The van der Waals surface area contributed by atoms with Crippen molar-refractivity contribution in [3.05, 3.63) is 35.9 Å². The molecule has 5 rings (SSSR count). The molecule has 3 aromatic rings. The van der Waals surface area contributed by atoms with Gasteiger partial charge >= 0.3 is 6.09 Å². The van der Waals surface area contributed by atoms with Gasteiger partial charge in [0.15, 0.2) is 5.82 Å². The van der Waals surface area contributed by atoms with Crippen molar-refractivity contribution < 1.29 is 23.8 Å². The number of carbonyl (C=O) groups is 1. The number of ether oxygens (including phenoxy) is 2. The van der Waals surface area contributed by atoms with Crippen LogP contribution in [0.5, 0.6) is 5.88 Å². The van der Waals surface area contributed by atoms with Crippen molar-refractivity contribution in [2.45, 2.75) is 25.8 Å². The summed E-state index contributed by atoms with van der Waals surface area (Å²) in [5, 5.41) is 14.1. The minimum absolute atomic E-state index is 0.0455. The van der Waals surface area contributed by atoms with Crippen LogP contribution >= 0.6 is 0 Å². The molecule has 4 heterocycles. The van der Waals surface area contributed by atoms with E-state index in [2.05, 4.69) is 15.3 Å². The van der Waals surface area contributed by atoms with Gasteiger partial charge in [0.25, 0.3) is 0 Å². The molecular formula is C23H24FN5O4. The number of rotatable bonds is 3. The van der Waals surface area contributed by atoms with Gasteiger partial charge in [-0.2, -0.15) is 0 Å². The van der Waals surface area contributed by atoms with E-state index < -0.39 is 11.9 Å². The summed E-state index contributed by atoms with van der Waals surface area (Å²) in [4.78, 5) is 22.0. The number of nitrogens with two attached hydrogens (primary N) is 1. The van der Waals surface area contributed by atoms with Gasteiger partial charge < -0.3 is 25.6 Å². The molecule has 2 aromatic heterocycles. The zero-order chi connectivity index (χ0) is 23.1. The molecule has 0 saturated carbocycles. The third-order valence-corrected chi connectivity index (χ3v) is 6.23. The highest BCUT2D eigenvalue weighted by Crippen LogP contribution is 2.40. The Morgan fingerprint density at radius 1 is 1.21 bits per heavy atom. The number of aromatic nitrogens is 2. The summed E-state index contributed by atoms with van der Waals surface area (Å²) >= 11 is 0. The molecule has 172 valence electrons. The zero-order valence-corrected chi connectivity index (χ0v) is 18.1. The van der Waals surface area contributed by atoms with Gasteiger partial charge in [-0.05, 0) is 42.8 Å².